The van der Waals surface area contributed by atoms with Crippen LogP contribution in [0.5, 0.6) is 0 Å². The zero-order chi connectivity index (χ0) is 14.3. The predicted molar refractivity (Wildman–Crippen MR) is 60.7 cm³/mol. The molecule has 0 aromatic rings. The Hall–Kier alpha value is -0.780. The third-order valence-electron chi connectivity index (χ3n) is 2.29. The number of halogens is 3. The van der Waals surface area contributed by atoms with E-state index < -0.39 is 23.5 Å². The number of methoxy groups -OCH3 is 1. The van der Waals surface area contributed by atoms with Crippen LogP contribution in [0.25, 0.3) is 0 Å². The normalized spacial score (nSPS) is 13.5. The van der Waals surface area contributed by atoms with Crippen LogP contribution in [0.4, 0.5) is 13.2 Å². The summed E-state index contributed by atoms with van der Waals surface area (Å²) < 4.78 is 40.7. The molecule has 0 spiro atoms. The number of carbonyl (C=O) groups is 1. The molecule has 0 aromatic heterocycles. The van der Waals surface area contributed by atoms with E-state index in [1.807, 2.05) is 19.2 Å². The predicted octanol–water partition coefficient (Wildman–Crippen LogP) is 2.75. The lowest BCUT2D eigenvalue weighted by Gasteiger charge is -2.31. The van der Waals surface area contributed by atoms with Gasteiger partial charge in [-0.3, -0.25) is 4.79 Å². The number of amides is 1. The van der Waals surface area contributed by atoms with Crippen molar-refractivity contribution in [3.05, 3.63) is 0 Å². The smallest absolute Gasteiger partial charge is 0.384 e. The maximum absolute atomic E-state index is 11.9. The lowest BCUT2D eigenvalue weighted by atomic mass is 9.86. The quantitative estimate of drug-likeness (QED) is 0.841. The summed E-state index contributed by atoms with van der Waals surface area (Å²) in [5, 5.41) is 1.90. The summed E-state index contributed by atoms with van der Waals surface area (Å²) in [6.45, 7) is 9.23. The van der Waals surface area contributed by atoms with E-state index in [1.165, 1.54) is 14.0 Å². The molecule has 0 aliphatic carbocycles. The number of nitrogens with one attached hydrogen (secondary N) is 1. The lowest BCUT2D eigenvalue weighted by molar-refractivity contribution is -0.175. The van der Waals surface area contributed by atoms with Gasteiger partial charge in [0.25, 0.3) is 0 Å². The molecule has 104 valence electrons. The molecule has 0 fully saturated rings. The van der Waals surface area contributed by atoms with Crippen molar-refractivity contribution in [2.75, 3.05) is 13.7 Å². The summed E-state index contributed by atoms with van der Waals surface area (Å²) in [7, 11) is 1.46. The first kappa shape index (κ1) is 18.6. The van der Waals surface area contributed by atoms with Crippen molar-refractivity contribution >= 4 is 5.91 Å². The minimum Gasteiger partial charge on any atom is -0.384 e. The molecule has 0 heterocycles. The fourth-order valence-corrected chi connectivity index (χ4v) is 0.971. The standard InChI is InChI=1S/C9H16F3NO2.C2H6/c1-6(8(2,3)5-15-4)13-7(14)9(10,11)12;1-2/h6H,5H2,1-4H3,(H,13,14);1-2H3. The molecule has 0 aromatic carbocycles. The highest BCUT2D eigenvalue weighted by atomic mass is 19.4. The lowest BCUT2D eigenvalue weighted by Crippen LogP contribution is -2.49. The van der Waals surface area contributed by atoms with Crippen molar-refractivity contribution in [2.24, 2.45) is 5.41 Å². The molecule has 0 radical (unpaired) electrons. The first-order valence-electron chi connectivity index (χ1n) is 5.48. The maximum Gasteiger partial charge on any atom is 0.471 e. The van der Waals surface area contributed by atoms with Crippen molar-refractivity contribution in [1.82, 2.24) is 5.32 Å². The Balaban J connectivity index is 0. The fourth-order valence-electron chi connectivity index (χ4n) is 0.971. The second-order valence-corrected chi connectivity index (χ2v) is 4.11. The van der Waals surface area contributed by atoms with E-state index >= 15 is 0 Å². The van der Waals surface area contributed by atoms with Gasteiger partial charge in [0.15, 0.2) is 0 Å². The Labute approximate surface area is 101 Å². The summed E-state index contributed by atoms with van der Waals surface area (Å²) in [4.78, 5) is 10.6. The molecule has 17 heavy (non-hydrogen) atoms. The van der Waals surface area contributed by atoms with Gasteiger partial charge in [0.2, 0.25) is 0 Å². The van der Waals surface area contributed by atoms with Gasteiger partial charge in [-0.1, -0.05) is 27.7 Å². The minimum atomic E-state index is -4.84. The highest BCUT2D eigenvalue weighted by Crippen LogP contribution is 2.22. The van der Waals surface area contributed by atoms with Crippen molar-refractivity contribution in [2.45, 2.75) is 46.8 Å². The van der Waals surface area contributed by atoms with E-state index in [0.29, 0.717) is 0 Å². The van der Waals surface area contributed by atoms with Crippen LogP contribution in [-0.2, 0) is 9.53 Å². The third kappa shape index (κ3) is 7.20. The minimum absolute atomic E-state index is 0.270. The monoisotopic (exact) mass is 257 g/mol. The molecule has 1 N–H and O–H groups in total. The van der Waals surface area contributed by atoms with Crippen LogP contribution < -0.4 is 5.32 Å². The molecular formula is C11H22F3NO2. The molecule has 0 aliphatic heterocycles. The van der Waals surface area contributed by atoms with Crippen molar-refractivity contribution in [3.8, 4) is 0 Å². The zero-order valence-electron chi connectivity index (χ0n) is 11.2. The average molecular weight is 257 g/mol. The molecule has 6 heteroatoms. The molecule has 0 saturated carbocycles. The van der Waals surface area contributed by atoms with Gasteiger partial charge in [-0.05, 0) is 6.92 Å². The van der Waals surface area contributed by atoms with Gasteiger partial charge in [-0.25, -0.2) is 0 Å². The molecule has 0 saturated heterocycles. The van der Waals surface area contributed by atoms with E-state index in [4.69, 9.17) is 4.74 Å². The largest absolute Gasteiger partial charge is 0.471 e. The third-order valence-corrected chi connectivity index (χ3v) is 2.29. The van der Waals surface area contributed by atoms with Crippen molar-refractivity contribution in [3.63, 3.8) is 0 Å². The van der Waals surface area contributed by atoms with Crippen LogP contribution in [0, 0.1) is 5.41 Å². The van der Waals surface area contributed by atoms with Crippen molar-refractivity contribution in [1.29, 1.82) is 0 Å². The summed E-state index contributed by atoms with van der Waals surface area (Å²) in [6.07, 6.45) is -4.84. The molecule has 0 aliphatic rings. The van der Waals surface area contributed by atoms with E-state index in [9.17, 15) is 18.0 Å². The second kappa shape index (κ2) is 7.53. The first-order chi connectivity index (χ1) is 7.61. The molecule has 1 amide bonds. The number of alkyl halides is 3. The Morgan fingerprint density at radius 2 is 1.71 bits per heavy atom. The van der Waals surface area contributed by atoms with Crippen LogP contribution >= 0.6 is 0 Å². The van der Waals surface area contributed by atoms with Crippen LogP contribution in [0.2, 0.25) is 0 Å². The van der Waals surface area contributed by atoms with E-state index in [0.717, 1.165) is 0 Å². The number of hydrogen-bond acceptors (Lipinski definition) is 2. The Morgan fingerprint density at radius 1 is 1.29 bits per heavy atom. The summed E-state index contributed by atoms with van der Waals surface area (Å²) in [5.41, 5.74) is -0.546. The summed E-state index contributed by atoms with van der Waals surface area (Å²) in [5.74, 6) is -1.92. The van der Waals surface area contributed by atoms with Crippen LogP contribution in [0.1, 0.15) is 34.6 Å². The van der Waals surface area contributed by atoms with Crippen molar-refractivity contribution < 1.29 is 22.7 Å². The molecule has 3 nitrogen and oxygen atoms in total. The Bertz CT molecular complexity index is 227. The molecule has 0 rings (SSSR count). The van der Waals surface area contributed by atoms with Crippen LogP contribution in [-0.4, -0.2) is 31.8 Å². The maximum atomic E-state index is 11.9. The highest BCUT2D eigenvalue weighted by molar-refractivity contribution is 5.81. The van der Waals surface area contributed by atoms with Gasteiger partial charge in [-0.2, -0.15) is 13.2 Å². The number of carbonyl (C=O) groups excluding carboxylic acids is 1. The van der Waals surface area contributed by atoms with E-state index in [1.54, 1.807) is 13.8 Å². The van der Waals surface area contributed by atoms with Gasteiger partial charge in [-0.15, -0.1) is 0 Å². The topological polar surface area (TPSA) is 38.3 Å². The van der Waals surface area contributed by atoms with Crippen LogP contribution in [0.15, 0.2) is 0 Å². The van der Waals surface area contributed by atoms with Gasteiger partial charge in [0, 0.05) is 18.6 Å². The second-order valence-electron chi connectivity index (χ2n) is 4.11. The zero-order valence-corrected chi connectivity index (χ0v) is 11.2. The number of rotatable bonds is 4. The van der Waals surface area contributed by atoms with Gasteiger partial charge < -0.3 is 10.1 Å². The van der Waals surface area contributed by atoms with Crippen LogP contribution in [0.3, 0.4) is 0 Å². The highest BCUT2D eigenvalue weighted by Gasteiger charge is 2.41. The average Bonchev–Trinajstić information content (AvgIpc) is 2.19. The number of hydrogen-bond donors (Lipinski definition) is 1. The SMILES string of the molecule is CC.COCC(C)(C)C(C)NC(=O)C(F)(F)F. The van der Waals surface area contributed by atoms with E-state index in [-0.39, 0.29) is 6.61 Å². The first-order valence-corrected chi connectivity index (χ1v) is 5.48. The van der Waals surface area contributed by atoms with Gasteiger partial charge in [0.1, 0.15) is 0 Å². The molecule has 0 bridgehead atoms. The molecular weight excluding hydrogens is 235 g/mol. The number of ether oxygens (including phenoxy) is 1. The Morgan fingerprint density at radius 3 is 2.00 bits per heavy atom. The Kier molecular flexibility index (Phi) is 8.23. The van der Waals surface area contributed by atoms with Gasteiger partial charge in [0.05, 0.1) is 6.61 Å². The van der Waals surface area contributed by atoms with E-state index in [2.05, 4.69) is 0 Å². The summed E-state index contributed by atoms with van der Waals surface area (Å²) >= 11 is 0. The fraction of sp³-hybridized carbons (Fsp3) is 0.909. The van der Waals surface area contributed by atoms with Gasteiger partial charge >= 0.3 is 12.1 Å². The molecule has 1 atom stereocenters. The summed E-state index contributed by atoms with van der Waals surface area (Å²) in [6, 6.07) is -0.619. The molecule has 1 unspecified atom stereocenters.